The molecule has 4 rings (SSSR count). The lowest BCUT2D eigenvalue weighted by atomic mass is 10.1. The van der Waals surface area contributed by atoms with Crippen LogP contribution in [0.25, 0.3) is 0 Å². The molecule has 1 saturated heterocycles. The van der Waals surface area contributed by atoms with Crippen LogP contribution >= 0.6 is 0 Å². The zero-order valence-electron chi connectivity index (χ0n) is 16.5. The molecule has 1 amide bonds. The molecule has 27 heavy (non-hydrogen) atoms. The van der Waals surface area contributed by atoms with Crippen LogP contribution in [0.5, 0.6) is 0 Å². The average molecular weight is 367 g/mol. The number of benzene rings is 1. The fraction of sp³-hybridized carbons (Fsp3) is 0.545. The van der Waals surface area contributed by atoms with Crippen molar-refractivity contribution in [2.75, 3.05) is 32.7 Å². The van der Waals surface area contributed by atoms with E-state index < -0.39 is 0 Å². The SMILES string of the molecule is Cc1cc(C)n(Cc2ccc(C(=O)N3CCCN(CC4CC4)CC3)cc2)n1. The van der Waals surface area contributed by atoms with E-state index in [1.165, 1.54) is 24.9 Å². The molecule has 0 atom stereocenters. The highest BCUT2D eigenvalue weighted by Crippen LogP contribution is 2.30. The van der Waals surface area contributed by atoms with Gasteiger partial charge in [-0.2, -0.15) is 5.10 Å². The van der Waals surface area contributed by atoms with Crippen LogP contribution in [0.1, 0.15) is 46.6 Å². The van der Waals surface area contributed by atoms with Gasteiger partial charge in [0.05, 0.1) is 12.2 Å². The fourth-order valence-electron chi connectivity index (χ4n) is 3.97. The van der Waals surface area contributed by atoms with Gasteiger partial charge in [0.2, 0.25) is 0 Å². The molecule has 1 aliphatic heterocycles. The summed E-state index contributed by atoms with van der Waals surface area (Å²) in [7, 11) is 0. The summed E-state index contributed by atoms with van der Waals surface area (Å²) in [6.45, 7) is 9.91. The van der Waals surface area contributed by atoms with Crippen molar-refractivity contribution < 1.29 is 4.79 Å². The molecule has 2 aromatic rings. The van der Waals surface area contributed by atoms with Crippen molar-refractivity contribution in [1.82, 2.24) is 19.6 Å². The number of aromatic nitrogens is 2. The van der Waals surface area contributed by atoms with Gasteiger partial charge in [0.15, 0.2) is 0 Å². The van der Waals surface area contributed by atoms with Gasteiger partial charge in [-0.1, -0.05) is 12.1 Å². The first-order chi connectivity index (χ1) is 13.1. The van der Waals surface area contributed by atoms with Crippen molar-refractivity contribution in [3.8, 4) is 0 Å². The maximum Gasteiger partial charge on any atom is 0.253 e. The Morgan fingerprint density at radius 3 is 2.52 bits per heavy atom. The van der Waals surface area contributed by atoms with Crippen molar-refractivity contribution >= 4 is 5.91 Å². The minimum absolute atomic E-state index is 0.168. The van der Waals surface area contributed by atoms with Gasteiger partial charge in [-0.15, -0.1) is 0 Å². The van der Waals surface area contributed by atoms with Crippen LogP contribution < -0.4 is 0 Å². The summed E-state index contributed by atoms with van der Waals surface area (Å²) in [5, 5.41) is 4.52. The van der Waals surface area contributed by atoms with Crippen LogP contribution in [0.2, 0.25) is 0 Å². The first-order valence-corrected chi connectivity index (χ1v) is 10.2. The molecule has 0 unspecified atom stereocenters. The average Bonchev–Trinajstić information content (AvgIpc) is 3.44. The molecule has 2 heterocycles. The molecule has 0 radical (unpaired) electrons. The molecule has 0 N–H and O–H groups in total. The van der Waals surface area contributed by atoms with Gasteiger partial charge < -0.3 is 9.80 Å². The predicted octanol–water partition coefficient (Wildman–Crippen LogP) is 3.11. The molecule has 1 aromatic carbocycles. The van der Waals surface area contributed by atoms with Gasteiger partial charge in [-0.3, -0.25) is 9.48 Å². The summed E-state index contributed by atoms with van der Waals surface area (Å²) < 4.78 is 2.01. The van der Waals surface area contributed by atoms with E-state index in [1.54, 1.807) is 0 Å². The highest BCUT2D eigenvalue weighted by Gasteiger charge is 2.26. The molecule has 1 aliphatic carbocycles. The second-order valence-electron chi connectivity index (χ2n) is 8.17. The molecule has 0 bridgehead atoms. The van der Waals surface area contributed by atoms with E-state index in [9.17, 15) is 4.79 Å². The Labute approximate surface area is 162 Å². The number of carbonyl (C=O) groups is 1. The Hall–Kier alpha value is -2.14. The number of aryl methyl sites for hydroxylation is 2. The lowest BCUT2D eigenvalue weighted by Crippen LogP contribution is -2.35. The van der Waals surface area contributed by atoms with E-state index in [2.05, 4.69) is 35.1 Å². The minimum atomic E-state index is 0.168. The number of nitrogens with zero attached hydrogens (tertiary/aromatic N) is 4. The van der Waals surface area contributed by atoms with E-state index in [1.807, 2.05) is 28.6 Å². The third-order valence-corrected chi connectivity index (χ3v) is 5.73. The van der Waals surface area contributed by atoms with Crippen molar-refractivity contribution in [1.29, 1.82) is 0 Å². The fourth-order valence-corrected chi connectivity index (χ4v) is 3.97. The van der Waals surface area contributed by atoms with Gasteiger partial charge in [-0.05, 0) is 69.3 Å². The first-order valence-electron chi connectivity index (χ1n) is 10.2. The van der Waals surface area contributed by atoms with E-state index >= 15 is 0 Å². The molecule has 5 heteroatoms. The second-order valence-corrected chi connectivity index (χ2v) is 8.17. The maximum absolute atomic E-state index is 12.9. The standard InChI is InChI=1S/C22H30N4O/c1-17-14-18(2)26(23-17)16-20-6-8-21(9-7-20)22(27)25-11-3-10-24(12-13-25)15-19-4-5-19/h6-9,14,19H,3-5,10-13,15-16H2,1-2H3. The summed E-state index contributed by atoms with van der Waals surface area (Å²) in [6.07, 6.45) is 3.86. The second kappa shape index (κ2) is 7.85. The molecular weight excluding hydrogens is 336 g/mol. The first kappa shape index (κ1) is 18.2. The molecule has 144 valence electrons. The number of amides is 1. The highest BCUT2D eigenvalue weighted by molar-refractivity contribution is 5.94. The zero-order chi connectivity index (χ0) is 18.8. The van der Waals surface area contributed by atoms with Crippen molar-refractivity contribution in [3.63, 3.8) is 0 Å². The maximum atomic E-state index is 12.9. The van der Waals surface area contributed by atoms with Crippen LogP contribution in [0.3, 0.4) is 0 Å². The molecule has 2 fully saturated rings. The largest absolute Gasteiger partial charge is 0.337 e. The topological polar surface area (TPSA) is 41.4 Å². The van der Waals surface area contributed by atoms with Gasteiger partial charge in [0.1, 0.15) is 0 Å². The number of rotatable bonds is 5. The van der Waals surface area contributed by atoms with Gasteiger partial charge >= 0.3 is 0 Å². The Morgan fingerprint density at radius 1 is 1.07 bits per heavy atom. The molecule has 2 aliphatic rings. The normalized spacial score (nSPS) is 18.5. The van der Waals surface area contributed by atoms with Gasteiger partial charge in [0, 0.05) is 37.4 Å². The summed E-state index contributed by atoms with van der Waals surface area (Å²) >= 11 is 0. The molecule has 1 aromatic heterocycles. The smallest absolute Gasteiger partial charge is 0.253 e. The monoisotopic (exact) mass is 366 g/mol. The minimum Gasteiger partial charge on any atom is -0.337 e. The van der Waals surface area contributed by atoms with E-state index in [4.69, 9.17) is 0 Å². The Morgan fingerprint density at radius 2 is 1.85 bits per heavy atom. The molecule has 5 nitrogen and oxygen atoms in total. The Balaban J connectivity index is 1.36. The van der Waals surface area contributed by atoms with Crippen LogP contribution in [0, 0.1) is 19.8 Å². The van der Waals surface area contributed by atoms with Crippen LogP contribution in [-0.4, -0.2) is 58.2 Å². The molecular formula is C22H30N4O. The van der Waals surface area contributed by atoms with Crippen LogP contribution in [-0.2, 0) is 6.54 Å². The van der Waals surface area contributed by atoms with Gasteiger partial charge in [-0.25, -0.2) is 0 Å². The third kappa shape index (κ3) is 4.59. The van der Waals surface area contributed by atoms with E-state index in [0.29, 0.717) is 0 Å². The number of hydrogen-bond donors (Lipinski definition) is 0. The van der Waals surface area contributed by atoms with Crippen molar-refractivity contribution in [3.05, 3.63) is 52.8 Å². The van der Waals surface area contributed by atoms with E-state index in [0.717, 1.165) is 62.0 Å². The number of carbonyl (C=O) groups excluding carboxylic acids is 1. The summed E-state index contributed by atoms with van der Waals surface area (Å²) in [5.41, 5.74) is 4.16. The van der Waals surface area contributed by atoms with E-state index in [-0.39, 0.29) is 5.91 Å². The number of hydrogen-bond acceptors (Lipinski definition) is 3. The van der Waals surface area contributed by atoms with Crippen molar-refractivity contribution in [2.24, 2.45) is 5.92 Å². The van der Waals surface area contributed by atoms with Gasteiger partial charge in [0.25, 0.3) is 5.91 Å². The lowest BCUT2D eigenvalue weighted by molar-refractivity contribution is 0.0761. The van der Waals surface area contributed by atoms with Crippen LogP contribution in [0.15, 0.2) is 30.3 Å². The Kier molecular flexibility index (Phi) is 5.30. The quantitative estimate of drug-likeness (QED) is 0.816. The zero-order valence-corrected chi connectivity index (χ0v) is 16.5. The summed E-state index contributed by atoms with van der Waals surface area (Å²) in [5.74, 6) is 1.09. The Bertz CT molecular complexity index is 791. The third-order valence-electron chi connectivity index (χ3n) is 5.73. The van der Waals surface area contributed by atoms with Crippen molar-refractivity contribution in [2.45, 2.75) is 39.7 Å². The summed E-state index contributed by atoms with van der Waals surface area (Å²) in [6, 6.07) is 10.1. The highest BCUT2D eigenvalue weighted by atomic mass is 16.2. The summed E-state index contributed by atoms with van der Waals surface area (Å²) in [4.78, 5) is 17.5. The molecule has 1 saturated carbocycles. The predicted molar refractivity (Wildman–Crippen MR) is 107 cm³/mol. The van der Waals surface area contributed by atoms with Crippen LogP contribution in [0.4, 0.5) is 0 Å². The molecule has 0 spiro atoms. The lowest BCUT2D eigenvalue weighted by Gasteiger charge is -2.22.